The van der Waals surface area contributed by atoms with Gasteiger partial charge in [0.1, 0.15) is 0 Å². The van der Waals surface area contributed by atoms with Crippen molar-refractivity contribution < 1.29 is 18.3 Å². The lowest BCUT2D eigenvalue weighted by Crippen LogP contribution is -2.46. The number of alkyl halides is 3. The summed E-state index contributed by atoms with van der Waals surface area (Å²) in [7, 11) is 0. The third-order valence-electron chi connectivity index (χ3n) is 2.85. The highest BCUT2D eigenvalue weighted by molar-refractivity contribution is 6.31. The van der Waals surface area contributed by atoms with E-state index in [0.717, 1.165) is 18.9 Å². The Hall–Kier alpha value is -1.18. The number of aliphatic hydroxyl groups is 1. The summed E-state index contributed by atoms with van der Waals surface area (Å²) in [6, 6.07) is 0. The first-order valence-corrected chi connectivity index (χ1v) is 6.51. The number of rotatable bonds is 3. The smallest absolute Gasteiger partial charge is 0.366 e. The molecule has 0 aliphatic heterocycles. The summed E-state index contributed by atoms with van der Waals surface area (Å²) in [6.07, 6.45) is -0.912. The van der Waals surface area contributed by atoms with E-state index in [9.17, 15) is 18.3 Å². The summed E-state index contributed by atoms with van der Waals surface area (Å²) < 4.78 is 39.7. The fourth-order valence-corrected chi connectivity index (χ4v) is 1.59. The van der Waals surface area contributed by atoms with E-state index in [-0.39, 0.29) is 16.5 Å². The molecule has 0 aromatic carbocycles. The molecule has 1 N–H and O–H groups in total. The molecule has 0 aromatic rings. The van der Waals surface area contributed by atoms with Crippen LogP contribution in [0.5, 0.6) is 0 Å². The van der Waals surface area contributed by atoms with E-state index in [0.29, 0.717) is 0 Å². The van der Waals surface area contributed by atoms with Gasteiger partial charge in [0.15, 0.2) is 0 Å². The van der Waals surface area contributed by atoms with Gasteiger partial charge in [-0.25, -0.2) is 0 Å². The molecule has 1 saturated carbocycles. The van der Waals surface area contributed by atoms with Gasteiger partial charge in [0.05, 0.1) is 0 Å². The number of halogens is 4. The van der Waals surface area contributed by atoms with Crippen molar-refractivity contribution in [2.45, 2.75) is 38.5 Å². The van der Waals surface area contributed by atoms with Crippen LogP contribution in [0.15, 0.2) is 34.9 Å². The lowest BCUT2D eigenvalue weighted by Gasteiger charge is -2.28. The first-order valence-electron chi connectivity index (χ1n) is 6.13. The minimum atomic E-state index is -4.93. The lowest BCUT2D eigenvalue weighted by atomic mass is 9.88. The molecule has 0 spiro atoms. The Labute approximate surface area is 121 Å². The third-order valence-corrected chi connectivity index (χ3v) is 3.18. The van der Waals surface area contributed by atoms with Crippen LogP contribution in [0, 0.1) is 17.8 Å². The molecule has 0 radical (unpaired) electrons. The van der Waals surface area contributed by atoms with E-state index in [1.807, 2.05) is 5.92 Å². The molecule has 1 fully saturated rings. The minimum Gasteiger partial charge on any atom is -0.366 e. The maximum absolute atomic E-state index is 13.2. The molecule has 0 amide bonds. The van der Waals surface area contributed by atoms with Crippen LogP contribution in [0.1, 0.15) is 26.7 Å². The van der Waals surface area contributed by atoms with Crippen molar-refractivity contribution in [1.82, 2.24) is 0 Å². The van der Waals surface area contributed by atoms with E-state index in [4.69, 9.17) is 11.6 Å². The Morgan fingerprint density at radius 3 is 2.30 bits per heavy atom. The molecule has 1 unspecified atom stereocenters. The van der Waals surface area contributed by atoms with E-state index < -0.39 is 17.4 Å². The topological polar surface area (TPSA) is 20.2 Å². The largest absolute Gasteiger partial charge is 0.433 e. The molecule has 0 heterocycles. The van der Waals surface area contributed by atoms with Crippen molar-refractivity contribution in [2.24, 2.45) is 5.92 Å². The normalized spacial score (nSPS) is 19.9. The molecule has 0 aromatic heterocycles. The van der Waals surface area contributed by atoms with Gasteiger partial charge < -0.3 is 5.11 Å². The highest BCUT2D eigenvalue weighted by Gasteiger charge is 2.55. The molecule has 110 valence electrons. The molecular formula is C15H16ClF3O. The van der Waals surface area contributed by atoms with Gasteiger partial charge in [-0.1, -0.05) is 41.7 Å². The minimum absolute atomic E-state index is 0.0626. The maximum atomic E-state index is 13.2. The number of hydrogen-bond acceptors (Lipinski definition) is 1. The van der Waals surface area contributed by atoms with E-state index >= 15 is 0 Å². The number of hydrogen-bond donors (Lipinski definition) is 1. The maximum Gasteiger partial charge on any atom is 0.433 e. The predicted molar refractivity (Wildman–Crippen MR) is 74.0 cm³/mol. The fourth-order valence-electron chi connectivity index (χ4n) is 1.48. The summed E-state index contributed by atoms with van der Waals surface area (Å²) >= 11 is 5.75. The van der Waals surface area contributed by atoms with Crippen molar-refractivity contribution >= 4 is 11.6 Å². The fraction of sp³-hybridized carbons (Fsp3) is 0.467. The average molecular weight is 305 g/mol. The van der Waals surface area contributed by atoms with Gasteiger partial charge in [0.25, 0.3) is 0 Å². The SMILES string of the molecule is C=C(C)C(=CC(Cl)=CC)C(O)(C#CC1CC1)C(F)(F)F. The van der Waals surface area contributed by atoms with Gasteiger partial charge in [0.2, 0.25) is 5.60 Å². The quantitative estimate of drug-likeness (QED) is 0.607. The highest BCUT2D eigenvalue weighted by atomic mass is 35.5. The molecular weight excluding hydrogens is 289 g/mol. The molecule has 1 aliphatic carbocycles. The van der Waals surface area contributed by atoms with Crippen molar-refractivity contribution in [3.05, 3.63) is 34.9 Å². The summed E-state index contributed by atoms with van der Waals surface area (Å²) in [4.78, 5) is 0. The summed E-state index contributed by atoms with van der Waals surface area (Å²) in [5.41, 5.74) is -3.61. The molecule has 1 aliphatic rings. The van der Waals surface area contributed by atoms with Gasteiger partial charge in [-0.15, -0.1) is 0 Å². The summed E-state index contributed by atoms with van der Waals surface area (Å²) in [6.45, 7) is 6.44. The second-order valence-electron chi connectivity index (χ2n) is 4.76. The molecule has 5 heteroatoms. The zero-order valence-corrected chi connectivity index (χ0v) is 12.1. The predicted octanol–water partition coefficient (Wildman–Crippen LogP) is 4.34. The van der Waals surface area contributed by atoms with Crippen molar-refractivity contribution in [3.8, 4) is 11.8 Å². The third kappa shape index (κ3) is 3.91. The van der Waals surface area contributed by atoms with E-state index in [2.05, 4.69) is 12.5 Å². The second-order valence-corrected chi connectivity index (χ2v) is 5.20. The Kier molecular flexibility index (Phi) is 5.12. The van der Waals surface area contributed by atoms with Crippen LogP contribution in [0.2, 0.25) is 0 Å². The zero-order valence-electron chi connectivity index (χ0n) is 11.3. The van der Waals surface area contributed by atoms with Crippen molar-refractivity contribution in [1.29, 1.82) is 0 Å². The van der Waals surface area contributed by atoms with Gasteiger partial charge in [-0.05, 0) is 32.8 Å². The Bertz CT molecular complexity index is 515. The Morgan fingerprint density at radius 1 is 1.40 bits per heavy atom. The second kappa shape index (κ2) is 6.07. The van der Waals surface area contributed by atoms with Gasteiger partial charge in [-0.3, -0.25) is 0 Å². The molecule has 1 atom stereocenters. The summed E-state index contributed by atoms with van der Waals surface area (Å²) in [5, 5.41) is 10.2. The molecule has 1 nitrogen and oxygen atoms in total. The highest BCUT2D eigenvalue weighted by Crippen LogP contribution is 2.40. The standard InChI is InChI=1S/C15H16ClF3O/c1-4-12(16)9-13(10(2)3)14(20,15(17,18)19)8-7-11-5-6-11/h4,9,11,20H,2,5-6H2,1,3H3. The van der Waals surface area contributed by atoms with Gasteiger partial charge in [0, 0.05) is 16.5 Å². The first-order chi connectivity index (χ1) is 9.11. The van der Waals surface area contributed by atoms with Crippen LogP contribution in [0.3, 0.4) is 0 Å². The lowest BCUT2D eigenvalue weighted by molar-refractivity contribution is -0.220. The van der Waals surface area contributed by atoms with Crippen LogP contribution < -0.4 is 0 Å². The molecule has 0 bridgehead atoms. The van der Waals surface area contributed by atoms with Gasteiger partial charge in [-0.2, -0.15) is 13.2 Å². The number of allylic oxidation sites excluding steroid dienone is 3. The van der Waals surface area contributed by atoms with Crippen LogP contribution >= 0.6 is 11.6 Å². The van der Waals surface area contributed by atoms with E-state index in [1.165, 1.54) is 13.0 Å². The molecule has 20 heavy (non-hydrogen) atoms. The summed E-state index contributed by atoms with van der Waals surface area (Å²) in [5.74, 6) is 4.38. The Balaban J connectivity index is 3.37. The molecule has 0 saturated heterocycles. The van der Waals surface area contributed by atoms with Crippen LogP contribution in [0.4, 0.5) is 13.2 Å². The van der Waals surface area contributed by atoms with Crippen LogP contribution in [-0.2, 0) is 0 Å². The van der Waals surface area contributed by atoms with Crippen LogP contribution in [0.25, 0.3) is 0 Å². The van der Waals surface area contributed by atoms with E-state index in [1.54, 1.807) is 6.92 Å². The average Bonchev–Trinajstić information content (AvgIpc) is 3.14. The molecule has 1 rings (SSSR count). The first kappa shape index (κ1) is 16.9. The zero-order chi connectivity index (χ0) is 15.6. The van der Waals surface area contributed by atoms with Gasteiger partial charge >= 0.3 is 6.18 Å². The van der Waals surface area contributed by atoms with Crippen molar-refractivity contribution in [3.63, 3.8) is 0 Å². The Morgan fingerprint density at radius 2 is 1.95 bits per heavy atom. The van der Waals surface area contributed by atoms with Crippen LogP contribution in [-0.4, -0.2) is 16.9 Å². The van der Waals surface area contributed by atoms with Crippen molar-refractivity contribution in [2.75, 3.05) is 0 Å². The monoisotopic (exact) mass is 304 g/mol.